The fourth-order valence-corrected chi connectivity index (χ4v) is 3.20. The molecule has 4 aromatic rings. The van der Waals surface area contributed by atoms with Crippen LogP contribution in [0.4, 0.5) is 4.39 Å². The summed E-state index contributed by atoms with van der Waals surface area (Å²) in [4.78, 5) is 21.2. The number of carbonyl (C=O) groups is 1. The molecule has 28 heavy (non-hydrogen) atoms. The van der Waals surface area contributed by atoms with Gasteiger partial charge in [0.1, 0.15) is 11.5 Å². The van der Waals surface area contributed by atoms with Crippen LogP contribution in [0.3, 0.4) is 0 Å². The summed E-state index contributed by atoms with van der Waals surface area (Å²) in [6.45, 7) is 0.429. The quantitative estimate of drug-likeness (QED) is 0.546. The van der Waals surface area contributed by atoms with Crippen molar-refractivity contribution in [2.75, 3.05) is 0 Å². The van der Waals surface area contributed by atoms with Gasteiger partial charge >= 0.3 is 0 Å². The Hall–Kier alpha value is -3.25. The molecule has 5 nitrogen and oxygen atoms in total. The number of halogens is 2. The molecule has 0 saturated carbocycles. The summed E-state index contributed by atoms with van der Waals surface area (Å²) < 4.78 is 15.3. The molecule has 7 heteroatoms. The monoisotopic (exact) mass is 394 g/mol. The normalized spacial score (nSPS) is 12.1. The van der Waals surface area contributed by atoms with Crippen LogP contribution >= 0.6 is 11.6 Å². The van der Waals surface area contributed by atoms with Gasteiger partial charge in [-0.25, -0.2) is 9.37 Å². The van der Waals surface area contributed by atoms with E-state index < -0.39 is 6.04 Å². The van der Waals surface area contributed by atoms with Crippen LogP contribution in [-0.4, -0.2) is 20.4 Å². The third-order valence-electron chi connectivity index (χ3n) is 4.44. The Kier molecular flexibility index (Phi) is 5.04. The summed E-state index contributed by atoms with van der Waals surface area (Å²) in [6.07, 6.45) is 3.21. The Bertz CT molecular complexity index is 1130. The molecule has 0 saturated heterocycles. The molecule has 4 rings (SSSR count). The smallest absolute Gasteiger partial charge is 0.270 e. The van der Waals surface area contributed by atoms with E-state index >= 15 is 0 Å². The van der Waals surface area contributed by atoms with Crippen molar-refractivity contribution in [2.24, 2.45) is 0 Å². The molecule has 140 valence electrons. The van der Waals surface area contributed by atoms with Crippen LogP contribution in [0, 0.1) is 5.82 Å². The predicted octanol–water partition coefficient (Wildman–Crippen LogP) is 4.40. The highest BCUT2D eigenvalue weighted by Gasteiger charge is 2.18. The zero-order valence-electron chi connectivity index (χ0n) is 14.7. The number of hydrogen-bond donors (Lipinski definition) is 1. The van der Waals surface area contributed by atoms with Crippen LogP contribution in [0.15, 0.2) is 73.2 Å². The van der Waals surface area contributed by atoms with Crippen molar-refractivity contribution in [2.45, 2.75) is 12.6 Å². The minimum absolute atomic E-state index is 0.218. The Balaban J connectivity index is 1.65. The molecule has 0 bridgehead atoms. The zero-order valence-corrected chi connectivity index (χ0v) is 15.5. The first kappa shape index (κ1) is 18.1. The summed E-state index contributed by atoms with van der Waals surface area (Å²) >= 11 is 5.97. The van der Waals surface area contributed by atoms with Crippen LogP contribution in [0.25, 0.3) is 11.0 Å². The molecule has 1 N–H and O–H groups in total. The van der Waals surface area contributed by atoms with E-state index in [0.29, 0.717) is 11.6 Å². The summed E-state index contributed by atoms with van der Waals surface area (Å²) in [5.41, 5.74) is 2.80. The van der Waals surface area contributed by atoms with Gasteiger partial charge < -0.3 is 9.88 Å². The van der Waals surface area contributed by atoms with Crippen molar-refractivity contribution in [3.8, 4) is 0 Å². The van der Waals surface area contributed by atoms with Gasteiger partial charge in [0.05, 0.1) is 23.4 Å². The van der Waals surface area contributed by atoms with Gasteiger partial charge in [-0.3, -0.25) is 9.78 Å². The second-order valence-corrected chi connectivity index (χ2v) is 6.76. The predicted molar refractivity (Wildman–Crippen MR) is 106 cm³/mol. The second kappa shape index (κ2) is 7.78. The Morgan fingerprint density at radius 3 is 2.68 bits per heavy atom. The number of nitrogens with one attached hydrogen (secondary N) is 1. The maximum absolute atomic E-state index is 13.4. The van der Waals surface area contributed by atoms with Crippen LogP contribution in [0.1, 0.15) is 22.1 Å². The first-order valence-electron chi connectivity index (χ1n) is 8.68. The first-order chi connectivity index (χ1) is 13.6. The third-order valence-corrected chi connectivity index (χ3v) is 4.67. The van der Waals surface area contributed by atoms with Gasteiger partial charge in [0, 0.05) is 17.8 Å². The van der Waals surface area contributed by atoms with Gasteiger partial charge in [0.2, 0.25) is 0 Å². The van der Waals surface area contributed by atoms with Gasteiger partial charge in [0.15, 0.2) is 0 Å². The van der Waals surface area contributed by atoms with Gasteiger partial charge in [-0.05, 0) is 42.0 Å². The van der Waals surface area contributed by atoms with Crippen molar-refractivity contribution in [1.29, 1.82) is 0 Å². The molecular formula is C21H16ClFN4O. The maximum Gasteiger partial charge on any atom is 0.270 e. The molecule has 0 aliphatic carbocycles. The van der Waals surface area contributed by atoms with Crippen molar-refractivity contribution in [3.63, 3.8) is 0 Å². The largest absolute Gasteiger partial charge is 0.342 e. The summed E-state index contributed by atoms with van der Waals surface area (Å²) in [7, 11) is 0. The van der Waals surface area contributed by atoms with E-state index in [1.165, 1.54) is 24.4 Å². The van der Waals surface area contributed by atoms with E-state index in [0.717, 1.165) is 16.6 Å². The van der Waals surface area contributed by atoms with Crippen LogP contribution in [0.2, 0.25) is 5.02 Å². The third kappa shape index (κ3) is 3.87. The zero-order chi connectivity index (χ0) is 19.5. The standard InChI is InChI=1S/C21H16ClFN4O/c22-15-9-10-24-18(11-15)21(28)26-19(14-5-7-16(23)8-6-14)12-27-13-25-17-3-1-2-4-20(17)27/h1-11,13,19H,12H2,(H,26,28). The van der Waals surface area contributed by atoms with Crippen LogP contribution < -0.4 is 5.32 Å². The topological polar surface area (TPSA) is 59.8 Å². The number of amides is 1. The van der Waals surface area contributed by atoms with Gasteiger partial charge in [-0.15, -0.1) is 0 Å². The van der Waals surface area contributed by atoms with Crippen LogP contribution in [-0.2, 0) is 6.54 Å². The molecular weight excluding hydrogens is 379 g/mol. The van der Waals surface area contributed by atoms with E-state index in [-0.39, 0.29) is 17.4 Å². The molecule has 1 amide bonds. The van der Waals surface area contributed by atoms with E-state index in [4.69, 9.17) is 11.6 Å². The number of rotatable bonds is 5. The number of aromatic nitrogens is 3. The number of hydrogen-bond acceptors (Lipinski definition) is 3. The minimum Gasteiger partial charge on any atom is -0.342 e. The summed E-state index contributed by atoms with van der Waals surface area (Å²) in [5, 5.41) is 3.40. The molecule has 2 aromatic heterocycles. The number of benzene rings is 2. The van der Waals surface area contributed by atoms with Gasteiger partial charge in [0.25, 0.3) is 5.91 Å². The number of carbonyl (C=O) groups excluding carboxylic acids is 1. The van der Waals surface area contributed by atoms with E-state index in [1.54, 1.807) is 24.5 Å². The number of nitrogens with zero attached hydrogens (tertiary/aromatic N) is 3. The van der Waals surface area contributed by atoms with Crippen molar-refractivity contribution in [1.82, 2.24) is 19.9 Å². The summed E-state index contributed by atoms with van der Waals surface area (Å²) in [5.74, 6) is -0.695. The molecule has 0 radical (unpaired) electrons. The fraction of sp³-hybridized carbons (Fsp3) is 0.0952. The molecule has 2 aromatic carbocycles. The van der Waals surface area contributed by atoms with E-state index in [1.807, 2.05) is 28.8 Å². The number of pyridine rings is 1. The summed E-state index contributed by atoms with van der Waals surface area (Å²) in [6, 6.07) is 16.5. The molecule has 0 aliphatic heterocycles. The Morgan fingerprint density at radius 2 is 1.89 bits per heavy atom. The maximum atomic E-state index is 13.4. The van der Waals surface area contributed by atoms with Crippen molar-refractivity contribution in [3.05, 3.63) is 95.3 Å². The number of imidazole rings is 1. The van der Waals surface area contributed by atoms with Gasteiger partial charge in [-0.2, -0.15) is 0 Å². The molecule has 0 fully saturated rings. The average Bonchev–Trinajstić information content (AvgIpc) is 3.11. The second-order valence-electron chi connectivity index (χ2n) is 6.32. The van der Waals surface area contributed by atoms with Crippen molar-refractivity contribution >= 4 is 28.5 Å². The lowest BCUT2D eigenvalue weighted by Gasteiger charge is -2.20. The Labute approximate surface area is 165 Å². The molecule has 1 unspecified atom stereocenters. The molecule has 0 aliphatic rings. The number of para-hydroxylation sites is 2. The van der Waals surface area contributed by atoms with E-state index in [2.05, 4.69) is 15.3 Å². The highest BCUT2D eigenvalue weighted by Crippen LogP contribution is 2.20. The lowest BCUT2D eigenvalue weighted by atomic mass is 10.1. The lowest BCUT2D eigenvalue weighted by Crippen LogP contribution is -2.32. The molecule has 1 atom stereocenters. The van der Waals surface area contributed by atoms with E-state index in [9.17, 15) is 9.18 Å². The first-order valence-corrected chi connectivity index (χ1v) is 9.06. The SMILES string of the molecule is O=C(NC(Cn1cnc2ccccc21)c1ccc(F)cc1)c1cc(Cl)ccn1. The highest BCUT2D eigenvalue weighted by molar-refractivity contribution is 6.30. The highest BCUT2D eigenvalue weighted by atomic mass is 35.5. The fourth-order valence-electron chi connectivity index (χ4n) is 3.04. The Morgan fingerprint density at radius 1 is 1.11 bits per heavy atom. The average molecular weight is 395 g/mol. The van der Waals surface area contributed by atoms with Crippen LogP contribution in [0.5, 0.6) is 0 Å². The molecule has 2 heterocycles. The lowest BCUT2D eigenvalue weighted by molar-refractivity contribution is 0.0928. The number of fused-ring (bicyclic) bond motifs is 1. The molecule has 0 spiro atoms. The minimum atomic E-state index is -0.411. The van der Waals surface area contributed by atoms with Gasteiger partial charge in [-0.1, -0.05) is 35.9 Å². The van der Waals surface area contributed by atoms with Crippen molar-refractivity contribution < 1.29 is 9.18 Å².